The lowest BCUT2D eigenvalue weighted by atomic mass is 9.99. The predicted molar refractivity (Wildman–Crippen MR) is 210 cm³/mol. The van der Waals surface area contributed by atoms with E-state index in [0.29, 0.717) is 6.42 Å². The zero-order chi connectivity index (χ0) is 38.8. The average molecular weight is 759 g/mol. The maximum atomic E-state index is 12.6. The number of unbranched alkanes of at least 4 members (excludes halogenated alkanes) is 26. The lowest BCUT2D eigenvalue weighted by Crippen LogP contribution is -2.59. The van der Waals surface area contributed by atoms with Crippen molar-refractivity contribution < 1.29 is 49.0 Å². The molecule has 0 spiro atoms. The Hall–Kier alpha value is -1.30. The number of rotatable bonds is 37. The topological polar surface area (TPSA) is 152 Å². The molecular formula is C43H82O10. The van der Waals surface area contributed by atoms with Crippen molar-refractivity contribution in [3.05, 3.63) is 0 Å². The van der Waals surface area contributed by atoms with Crippen LogP contribution in [0.2, 0.25) is 0 Å². The molecule has 0 saturated carbocycles. The minimum atomic E-state index is -1.59. The number of esters is 2. The van der Waals surface area contributed by atoms with Gasteiger partial charge in [-0.1, -0.05) is 181 Å². The second-order valence-electron chi connectivity index (χ2n) is 15.5. The first-order valence-electron chi connectivity index (χ1n) is 22.1. The van der Waals surface area contributed by atoms with Gasteiger partial charge in [0.1, 0.15) is 31.0 Å². The molecule has 1 aliphatic heterocycles. The van der Waals surface area contributed by atoms with Crippen LogP contribution in [-0.4, -0.2) is 89.0 Å². The summed E-state index contributed by atoms with van der Waals surface area (Å²) in [5.74, 6) is -0.798. The standard InChI is InChI=1S/C43H82O10/c1-3-5-7-9-11-13-14-15-16-17-18-19-20-21-22-23-24-26-27-29-31-38(45)50-34-36(52-39(46)32-30-28-25-12-10-8-6-4-2)35-51-43-42(49)41(48)40(47)37(33-44)53-43/h36-37,40-44,47-49H,3-35H2,1-2H3/t36-,37-,40+,41?,42?,43-/m0/s1. The summed E-state index contributed by atoms with van der Waals surface area (Å²) in [6.07, 6.45) is 27.1. The van der Waals surface area contributed by atoms with E-state index in [4.69, 9.17) is 18.9 Å². The van der Waals surface area contributed by atoms with Crippen LogP contribution in [0.1, 0.15) is 206 Å². The van der Waals surface area contributed by atoms with Gasteiger partial charge in [-0.2, -0.15) is 0 Å². The van der Waals surface area contributed by atoms with Gasteiger partial charge in [0.15, 0.2) is 12.4 Å². The monoisotopic (exact) mass is 759 g/mol. The van der Waals surface area contributed by atoms with Crippen LogP contribution >= 0.6 is 0 Å². The Kier molecular flexibility index (Phi) is 33.0. The molecule has 0 amide bonds. The number of aliphatic hydroxyl groups is 4. The fraction of sp³-hybridized carbons (Fsp3) is 0.953. The van der Waals surface area contributed by atoms with Gasteiger partial charge in [0.25, 0.3) is 0 Å². The Morgan fingerprint density at radius 1 is 0.509 bits per heavy atom. The van der Waals surface area contributed by atoms with Crippen molar-refractivity contribution in [3.8, 4) is 0 Å². The van der Waals surface area contributed by atoms with Crippen molar-refractivity contribution in [1.82, 2.24) is 0 Å². The van der Waals surface area contributed by atoms with E-state index in [1.54, 1.807) is 0 Å². The maximum absolute atomic E-state index is 12.6. The molecule has 53 heavy (non-hydrogen) atoms. The van der Waals surface area contributed by atoms with Crippen molar-refractivity contribution in [2.24, 2.45) is 0 Å². The Labute approximate surface area is 323 Å². The average Bonchev–Trinajstić information content (AvgIpc) is 3.15. The predicted octanol–water partition coefficient (Wildman–Crippen LogP) is 9.00. The minimum Gasteiger partial charge on any atom is -0.462 e. The first-order valence-corrected chi connectivity index (χ1v) is 22.1. The van der Waals surface area contributed by atoms with E-state index < -0.39 is 49.4 Å². The van der Waals surface area contributed by atoms with Gasteiger partial charge >= 0.3 is 11.9 Å². The van der Waals surface area contributed by atoms with E-state index >= 15 is 0 Å². The molecule has 4 N–H and O–H groups in total. The van der Waals surface area contributed by atoms with E-state index in [1.807, 2.05) is 0 Å². The fourth-order valence-corrected chi connectivity index (χ4v) is 6.95. The third kappa shape index (κ3) is 27.0. The quantitative estimate of drug-likeness (QED) is 0.0357. The third-order valence-electron chi connectivity index (χ3n) is 10.5. The van der Waals surface area contributed by atoms with E-state index in [2.05, 4.69) is 13.8 Å². The lowest BCUT2D eigenvalue weighted by molar-refractivity contribution is -0.305. The van der Waals surface area contributed by atoms with E-state index in [0.717, 1.165) is 38.5 Å². The van der Waals surface area contributed by atoms with Gasteiger partial charge in [0, 0.05) is 12.8 Å². The second-order valence-corrected chi connectivity index (χ2v) is 15.5. The summed E-state index contributed by atoms with van der Waals surface area (Å²) < 4.78 is 22.1. The number of ether oxygens (including phenoxy) is 4. The molecule has 10 nitrogen and oxygen atoms in total. The summed E-state index contributed by atoms with van der Waals surface area (Å²) in [4.78, 5) is 25.2. The highest BCUT2D eigenvalue weighted by atomic mass is 16.7. The van der Waals surface area contributed by atoms with Crippen LogP contribution in [0.15, 0.2) is 0 Å². The molecule has 2 unspecified atom stereocenters. The van der Waals surface area contributed by atoms with Crippen molar-refractivity contribution in [2.45, 2.75) is 243 Å². The number of hydrogen-bond acceptors (Lipinski definition) is 10. The Morgan fingerprint density at radius 3 is 1.28 bits per heavy atom. The molecule has 0 aromatic carbocycles. The fourth-order valence-electron chi connectivity index (χ4n) is 6.95. The van der Waals surface area contributed by atoms with Crippen LogP contribution in [-0.2, 0) is 28.5 Å². The highest BCUT2D eigenvalue weighted by Crippen LogP contribution is 2.23. The summed E-state index contributed by atoms with van der Waals surface area (Å²) in [6.45, 7) is 3.41. The van der Waals surface area contributed by atoms with Crippen molar-refractivity contribution in [3.63, 3.8) is 0 Å². The van der Waals surface area contributed by atoms with Gasteiger partial charge in [-0.05, 0) is 12.8 Å². The Bertz CT molecular complexity index is 840. The molecule has 0 aliphatic carbocycles. The van der Waals surface area contributed by atoms with Crippen molar-refractivity contribution in [1.29, 1.82) is 0 Å². The molecule has 1 rings (SSSR count). The smallest absolute Gasteiger partial charge is 0.306 e. The van der Waals surface area contributed by atoms with Gasteiger partial charge in [0.2, 0.25) is 0 Å². The second kappa shape index (κ2) is 35.1. The molecule has 1 saturated heterocycles. The normalized spacial score (nSPS) is 20.8. The number of hydrogen-bond donors (Lipinski definition) is 4. The lowest BCUT2D eigenvalue weighted by Gasteiger charge is -2.39. The molecular weight excluding hydrogens is 676 g/mol. The molecule has 10 heteroatoms. The summed E-state index contributed by atoms with van der Waals surface area (Å²) in [7, 11) is 0. The number of aliphatic hydroxyl groups excluding tert-OH is 4. The van der Waals surface area contributed by atoms with Crippen LogP contribution in [0.4, 0.5) is 0 Å². The van der Waals surface area contributed by atoms with E-state index in [1.165, 1.54) is 135 Å². The van der Waals surface area contributed by atoms with Gasteiger partial charge in [-0.25, -0.2) is 0 Å². The Morgan fingerprint density at radius 2 is 0.887 bits per heavy atom. The first kappa shape index (κ1) is 49.7. The van der Waals surface area contributed by atoms with Gasteiger partial charge in [-0.3, -0.25) is 9.59 Å². The molecule has 1 fully saturated rings. The van der Waals surface area contributed by atoms with Crippen molar-refractivity contribution in [2.75, 3.05) is 19.8 Å². The number of carbonyl (C=O) groups is 2. The Balaban J connectivity index is 2.23. The molecule has 0 bridgehead atoms. The largest absolute Gasteiger partial charge is 0.462 e. The molecule has 0 aromatic heterocycles. The third-order valence-corrected chi connectivity index (χ3v) is 10.5. The van der Waals surface area contributed by atoms with Gasteiger partial charge in [-0.15, -0.1) is 0 Å². The van der Waals surface area contributed by atoms with E-state index in [-0.39, 0.29) is 32.0 Å². The SMILES string of the molecule is CCCCCCCCCCCCCCCCCCCCCCC(=O)OC[C@@H](CO[C@H]1O[C@@H](CO)[C@@H](O)C(O)C1O)OC(=O)CCCCCCCCCC. The summed E-state index contributed by atoms with van der Waals surface area (Å²) in [5.41, 5.74) is 0. The van der Waals surface area contributed by atoms with Crippen LogP contribution in [0.25, 0.3) is 0 Å². The molecule has 0 aromatic rings. The molecule has 1 heterocycles. The summed E-state index contributed by atoms with van der Waals surface area (Å²) in [5, 5.41) is 39.9. The number of carbonyl (C=O) groups excluding carboxylic acids is 2. The van der Waals surface area contributed by atoms with Gasteiger partial charge in [0.05, 0.1) is 13.2 Å². The molecule has 6 atom stereocenters. The van der Waals surface area contributed by atoms with Crippen LogP contribution in [0.3, 0.4) is 0 Å². The van der Waals surface area contributed by atoms with Crippen molar-refractivity contribution >= 4 is 11.9 Å². The van der Waals surface area contributed by atoms with Crippen LogP contribution in [0, 0.1) is 0 Å². The molecule has 1 aliphatic rings. The molecule has 0 radical (unpaired) electrons. The van der Waals surface area contributed by atoms with Gasteiger partial charge < -0.3 is 39.4 Å². The minimum absolute atomic E-state index is 0.210. The highest BCUT2D eigenvalue weighted by molar-refractivity contribution is 5.70. The summed E-state index contributed by atoms with van der Waals surface area (Å²) in [6, 6.07) is 0. The highest BCUT2D eigenvalue weighted by Gasteiger charge is 2.44. The van der Waals surface area contributed by atoms with Crippen LogP contribution in [0.5, 0.6) is 0 Å². The summed E-state index contributed by atoms with van der Waals surface area (Å²) >= 11 is 0. The zero-order valence-electron chi connectivity index (χ0n) is 34.0. The van der Waals surface area contributed by atoms with Crippen LogP contribution < -0.4 is 0 Å². The maximum Gasteiger partial charge on any atom is 0.306 e. The first-order chi connectivity index (χ1) is 25.8. The van der Waals surface area contributed by atoms with E-state index in [9.17, 15) is 30.0 Å². The molecule has 314 valence electrons. The zero-order valence-corrected chi connectivity index (χ0v) is 34.0.